The van der Waals surface area contributed by atoms with E-state index >= 15 is 0 Å². The number of sulfonamides is 1. The van der Waals surface area contributed by atoms with Crippen molar-refractivity contribution in [3.63, 3.8) is 0 Å². The van der Waals surface area contributed by atoms with Gasteiger partial charge in [0, 0.05) is 0 Å². The number of carbonyl (C=O) groups is 1. The zero-order valence-electron chi connectivity index (χ0n) is 21.0. The Balaban J connectivity index is 1.52. The molecule has 1 N–H and O–H groups in total. The molecule has 5 aromatic rings. The standard InChI is InChI=1S/C32H26N2O4S/c35-32(33-29-21-11-13-23-31(29)38-26-16-6-2-7-17-26)28-20-10-12-22-30(28)34(24-25-14-4-1-5-15-25)39(36,37)27-18-8-3-9-19-27/h1-23H,24H2,(H,33,35). The van der Waals surface area contributed by atoms with E-state index in [4.69, 9.17) is 4.74 Å². The van der Waals surface area contributed by atoms with Crippen LogP contribution < -0.4 is 14.4 Å². The predicted octanol–water partition coefficient (Wildman–Crippen LogP) is 7.13. The van der Waals surface area contributed by atoms with Gasteiger partial charge in [-0.25, -0.2) is 8.42 Å². The van der Waals surface area contributed by atoms with E-state index in [2.05, 4.69) is 5.32 Å². The first-order valence-corrected chi connectivity index (χ1v) is 13.8. The molecule has 6 nitrogen and oxygen atoms in total. The molecular formula is C32H26N2O4S. The summed E-state index contributed by atoms with van der Waals surface area (Å²) in [6.07, 6.45) is 0. The fraction of sp³-hybridized carbons (Fsp3) is 0.0312. The van der Waals surface area contributed by atoms with Gasteiger partial charge in [-0.05, 0) is 54.1 Å². The summed E-state index contributed by atoms with van der Waals surface area (Å²) in [4.78, 5) is 13.8. The summed E-state index contributed by atoms with van der Waals surface area (Å²) in [6, 6.07) is 40.5. The summed E-state index contributed by atoms with van der Waals surface area (Å²) in [5.74, 6) is 0.631. The quantitative estimate of drug-likeness (QED) is 0.218. The number of nitrogens with one attached hydrogen (secondary N) is 1. The van der Waals surface area contributed by atoms with Gasteiger partial charge in [0.2, 0.25) is 0 Å². The second kappa shape index (κ2) is 11.7. The number of benzene rings is 5. The lowest BCUT2D eigenvalue weighted by Gasteiger charge is -2.26. The van der Waals surface area contributed by atoms with E-state index in [1.54, 1.807) is 72.8 Å². The molecule has 0 fully saturated rings. The number of hydrogen-bond acceptors (Lipinski definition) is 4. The van der Waals surface area contributed by atoms with Crippen LogP contribution in [0.5, 0.6) is 11.5 Å². The van der Waals surface area contributed by atoms with Crippen molar-refractivity contribution in [2.75, 3.05) is 9.62 Å². The van der Waals surface area contributed by atoms with Crippen molar-refractivity contribution in [2.45, 2.75) is 11.4 Å². The van der Waals surface area contributed by atoms with Crippen LogP contribution in [-0.2, 0) is 16.6 Å². The highest BCUT2D eigenvalue weighted by Crippen LogP contribution is 2.32. The second-order valence-corrected chi connectivity index (χ2v) is 10.6. The summed E-state index contributed by atoms with van der Waals surface area (Å²) in [5.41, 5.74) is 1.72. The first-order valence-electron chi connectivity index (χ1n) is 12.4. The van der Waals surface area contributed by atoms with Gasteiger partial charge in [0.15, 0.2) is 5.75 Å². The third kappa shape index (κ3) is 6.00. The van der Waals surface area contributed by atoms with Gasteiger partial charge in [-0.15, -0.1) is 0 Å². The molecule has 5 rings (SSSR count). The van der Waals surface area contributed by atoms with Crippen molar-refractivity contribution in [1.82, 2.24) is 0 Å². The smallest absolute Gasteiger partial charge is 0.264 e. The average Bonchev–Trinajstić information content (AvgIpc) is 2.98. The highest BCUT2D eigenvalue weighted by atomic mass is 32.2. The molecule has 0 aromatic heterocycles. The molecule has 5 aromatic carbocycles. The SMILES string of the molecule is O=C(Nc1ccccc1Oc1ccccc1)c1ccccc1N(Cc1ccccc1)S(=O)(=O)c1ccccc1. The van der Waals surface area contributed by atoms with Crippen LogP contribution in [0.25, 0.3) is 0 Å². The van der Waals surface area contributed by atoms with Crippen molar-refractivity contribution in [1.29, 1.82) is 0 Å². The average molecular weight is 535 g/mol. The van der Waals surface area contributed by atoms with Crippen molar-refractivity contribution in [2.24, 2.45) is 0 Å². The lowest BCUT2D eigenvalue weighted by Crippen LogP contribution is -2.32. The Morgan fingerprint density at radius 3 is 1.95 bits per heavy atom. The molecule has 0 atom stereocenters. The number of rotatable bonds is 9. The van der Waals surface area contributed by atoms with Crippen LogP contribution in [0.2, 0.25) is 0 Å². The first-order chi connectivity index (χ1) is 19.0. The number of amides is 1. The van der Waals surface area contributed by atoms with E-state index < -0.39 is 15.9 Å². The van der Waals surface area contributed by atoms with E-state index in [0.29, 0.717) is 17.2 Å². The minimum absolute atomic E-state index is 0.0517. The molecule has 7 heteroatoms. The molecule has 0 bridgehead atoms. The molecular weight excluding hydrogens is 508 g/mol. The summed E-state index contributed by atoms with van der Waals surface area (Å²) in [6.45, 7) is 0.0517. The molecule has 0 unspecified atom stereocenters. The van der Waals surface area contributed by atoms with Gasteiger partial charge in [-0.2, -0.15) is 0 Å². The lowest BCUT2D eigenvalue weighted by atomic mass is 10.1. The highest BCUT2D eigenvalue weighted by Gasteiger charge is 2.28. The predicted molar refractivity (Wildman–Crippen MR) is 154 cm³/mol. The van der Waals surface area contributed by atoms with Crippen LogP contribution in [0.15, 0.2) is 144 Å². The largest absolute Gasteiger partial charge is 0.455 e. The minimum atomic E-state index is -4.00. The monoisotopic (exact) mass is 534 g/mol. The van der Waals surface area contributed by atoms with Gasteiger partial charge < -0.3 is 10.1 Å². The third-order valence-corrected chi connectivity index (χ3v) is 7.80. The molecule has 0 heterocycles. The number of nitrogens with zero attached hydrogens (tertiary/aromatic N) is 1. The molecule has 0 spiro atoms. The molecule has 39 heavy (non-hydrogen) atoms. The summed E-state index contributed by atoms with van der Waals surface area (Å²) in [7, 11) is -4.00. The van der Waals surface area contributed by atoms with Crippen molar-refractivity contribution < 1.29 is 17.9 Å². The Hall–Kier alpha value is -4.88. The number of para-hydroxylation sites is 4. The van der Waals surface area contributed by atoms with Crippen molar-refractivity contribution in [3.8, 4) is 11.5 Å². The van der Waals surface area contributed by atoms with Gasteiger partial charge >= 0.3 is 0 Å². The number of anilines is 2. The van der Waals surface area contributed by atoms with Gasteiger partial charge in [0.05, 0.1) is 28.4 Å². The fourth-order valence-corrected chi connectivity index (χ4v) is 5.61. The van der Waals surface area contributed by atoms with Gasteiger partial charge in [0.25, 0.3) is 15.9 Å². The van der Waals surface area contributed by atoms with E-state index in [1.807, 2.05) is 66.7 Å². The number of ether oxygens (including phenoxy) is 1. The third-order valence-electron chi connectivity index (χ3n) is 6.02. The van der Waals surface area contributed by atoms with Crippen LogP contribution in [-0.4, -0.2) is 14.3 Å². The van der Waals surface area contributed by atoms with Crippen molar-refractivity contribution >= 4 is 27.3 Å². The van der Waals surface area contributed by atoms with Gasteiger partial charge in [0.1, 0.15) is 5.75 Å². The second-order valence-electron chi connectivity index (χ2n) is 8.69. The number of hydrogen-bond donors (Lipinski definition) is 1. The van der Waals surface area contributed by atoms with E-state index in [-0.39, 0.29) is 22.7 Å². The Morgan fingerprint density at radius 2 is 1.23 bits per heavy atom. The maximum absolute atomic E-state index is 13.9. The summed E-state index contributed by atoms with van der Waals surface area (Å²) < 4.78 is 35.1. The molecule has 0 aliphatic heterocycles. The topological polar surface area (TPSA) is 75.7 Å². The minimum Gasteiger partial charge on any atom is -0.455 e. The number of carbonyl (C=O) groups excluding carboxylic acids is 1. The van der Waals surface area contributed by atoms with Gasteiger partial charge in [-0.3, -0.25) is 9.10 Å². The van der Waals surface area contributed by atoms with E-state index in [1.165, 1.54) is 4.31 Å². The van der Waals surface area contributed by atoms with Crippen LogP contribution in [0.4, 0.5) is 11.4 Å². The van der Waals surface area contributed by atoms with Gasteiger partial charge in [-0.1, -0.05) is 91.0 Å². The molecule has 0 saturated carbocycles. The molecule has 0 aliphatic rings. The summed E-state index contributed by atoms with van der Waals surface area (Å²) in [5, 5.41) is 2.91. The van der Waals surface area contributed by atoms with E-state index in [0.717, 1.165) is 5.56 Å². The normalized spacial score (nSPS) is 11.0. The molecule has 0 aliphatic carbocycles. The zero-order chi connectivity index (χ0) is 27.1. The highest BCUT2D eigenvalue weighted by molar-refractivity contribution is 7.92. The van der Waals surface area contributed by atoms with Crippen LogP contribution in [0, 0.1) is 0 Å². The van der Waals surface area contributed by atoms with Crippen LogP contribution in [0.1, 0.15) is 15.9 Å². The van der Waals surface area contributed by atoms with E-state index in [9.17, 15) is 13.2 Å². The molecule has 0 saturated heterocycles. The van der Waals surface area contributed by atoms with Crippen molar-refractivity contribution in [3.05, 3.63) is 151 Å². The summed E-state index contributed by atoms with van der Waals surface area (Å²) >= 11 is 0. The molecule has 194 valence electrons. The lowest BCUT2D eigenvalue weighted by molar-refractivity contribution is 0.102. The van der Waals surface area contributed by atoms with Crippen LogP contribution in [0.3, 0.4) is 0 Å². The fourth-order valence-electron chi connectivity index (χ4n) is 4.12. The maximum Gasteiger partial charge on any atom is 0.264 e. The maximum atomic E-state index is 13.9. The Kier molecular flexibility index (Phi) is 7.70. The Bertz CT molecular complexity index is 1660. The Labute approximate surface area is 228 Å². The molecule has 1 amide bonds. The first kappa shape index (κ1) is 25.8. The van der Waals surface area contributed by atoms with Crippen LogP contribution >= 0.6 is 0 Å². The Morgan fingerprint density at radius 1 is 0.667 bits per heavy atom. The molecule has 0 radical (unpaired) electrons. The zero-order valence-corrected chi connectivity index (χ0v) is 21.8.